The van der Waals surface area contributed by atoms with Gasteiger partial charge in [0, 0.05) is 43.6 Å². The summed E-state index contributed by atoms with van der Waals surface area (Å²) in [5.74, 6) is 1.66. The zero-order valence-corrected chi connectivity index (χ0v) is 18.6. The average Bonchev–Trinajstić information content (AvgIpc) is 3.45. The molecule has 2 N–H and O–H groups in total. The Bertz CT molecular complexity index is 1270. The third kappa shape index (κ3) is 3.94. The molecular formula is C24H27N7O2. The standard InChI is InChI=1S/C24H27N7O2/c1-16-2-3-17(23-28-24(33-29-23)18-11-25-12-18)10-21(16)26-13-20-14-27-22-5-4-19(15-31(20)22)30-6-8-32-9-7-30/h2-5,10,14-15,18,25-26H,6-9,11-13H2,1H3. The Kier molecular flexibility index (Phi) is 5.20. The van der Waals surface area contributed by atoms with Crippen molar-refractivity contribution in [1.29, 1.82) is 0 Å². The smallest absolute Gasteiger partial charge is 0.232 e. The van der Waals surface area contributed by atoms with Gasteiger partial charge in [-0.25, -0.2) is 4.98 Å². The summed E-state index contributed by atoms with van der Waals surface area (Å²) >= 11 is 0. The van der Waals surface area contributed by atoms with Gasteiger partial charge >= 0.3 is 0 Å². The van der Waals surface area contributed by atoms with Crippen LogP contribution in [-0.4, -0.2) is 58.9 Å². The number of hydrogen-bond donors (Lipinski definition) is 2. The van der Waals surface area contributed by atoms with E-state index in [-0.39, 0.29) is 0 Å². The number of ether oxygens (including phenoxy) is 1. The van der Waals surface area contributed by atoms with Gasteiger partial charge in [-0.05, 0) is 30.7 Å². The number of nitrogens with zero attached hydrogens (tertiary/aromatic N) is 5. The predicted octanol–water partition coefficient (Wildman–Crippen LogP) is 2.83. The van der Waals surface area contributed by atoms with Crippen molar-refractivity contribution in [2.75, 3.05) is 49.6 Å². The first-order chi connectivity index (χ1) is 16.2. The van der Waals surface area contributed by atoms with Gasteiger partial charge in [0.25, 0.3) is 0 Å². The number of morpholine rings is 1. The van der Waals surface area contributed by atoms with E-state index in [0.29, 0.717) is 24.2 Å². The van der Waals surface area contributed by atoms with Crippen LogP contribution in [0.5, 0.6) is 0 Å². The molecule has 170 valence electrons. The fraction of sp³-hybridized carbons (Fsp3) is 0.375. The molecule has 9 nitrogen and oxygen atoms in total. The van der Waals surface area contributed by atoms with E-state index in [1.165, 1.54) is 5.69 Å². The van der Waals surface area contributed by atoms with E-state index in [4.69, 9.17) is 9.26 Å². The first kappa shape index (κ1) is 20.2. The van der Waals surface area contributed by atoms with Crippen molar-refractivity contribution in [3.05, 3.63) is 59.9 Å². The molecule has 2 saturated heterocycles. The van der Waals surface area contributed by atoms with Crippen molar-refractivity contribution in [3.63, 3.8) is 0 Å². The van der Waals surface area contributed by atoms with E-state index in [9.17, 15) is 0 Å². The largest absolute Gasteiger partial charge is 0.379 e. The molecule has 2 aliphatic heterocycles. The lowest BCUT2D eigenvalue weighted by atomic mass is 10.0. The molecular weight excluding hydrogens is 418 g/mol. The first-order valence-electron chi connectivity index (χ1n) is 11.4. The highest BCUT2D eigenvalue weighted by atomic mass is 16.5. The minimum absolute atomic E-state index is 0.326. The van der Waals surface area contributed by atoms with Crippen LogP contribution < -0.4 is 15.5 Å². The second kappa shape index (κ2) is 8.49. The molecule has 0 saturated carbocycles. The number of aromatic nitrogens is 4. The van der Waals surface area contributed by atoms with Crippen LogP contribution in [0.1, 0.15) is 23.1 Å². The predicted molar refractivity (Wildman–Crippen MR) is 126 cm³/mol. The van der Waals surface area contributed by atoms with Crippen molar-refractivity contribution in [3.8, 4) is 11.4 Å². The van der Waals surface area contributed by atoms with Crippen LogP contribution >= 0.6 is 0 Å². The molecule has 6 rings (SSSR count). The molecule has 2 fully saturated rings. The Labute approximate surface area is 191 Å². The van der Waals surface area contributed by atoms with Crippen molar-refractivity contribution in [2.24, 2.45) is 0 Å². The van der Waals surface area contributed by atoms with Gasteiger partial charge in [-0.1, -0.05) is 17.3 Å². The van der Waals surface area contributed by atoms with Gasteiger partial charge < -0.3 is 29.2 Å². The van der Waals surface area contributed by atoms with Crippen molar-refractivity contribution < 1.29 is 9.26 Å². The topological polar surface area (TPSA) is 92.8 Å². The van der Waals surface area contributed by atoms with Gasteiger partial charge in [0.05, 0.1) is 43.3 Å². The number of fused-ring (bicyclic) bond motifs is 1. The molecule has 5 heterocycles. The number of benzene rings is 1. The number of nitrogens with one attached hydrogen (secondary N) is 2. The lowest BCUT2D eigenvalue weighted by Gasteiger charge is -2.28. The summed E-state index contributed by atoms with van der Waals surface area (Å²) in [5, 5.41) is 11.0. The Morgan fingerprint density at radius 2 is 2.03 bits per heavy atom. The maximum Gasteiger partial charge on any atom is 0.232 e. The van der Waals surface area contributed by atoms with Crippen LogP contribution in [-0.2, 0) is 11.3 Å². The number of hydrogen-bond acceptors (Lipinski definition) is 8. The summed E-state index contributed by atoms with van der Waals surface area (Å²) in [6.07, 6.45) is 4.10. The lowest BCUT2D eigenvalue weighted by molar-refractivity contribution is 0.122. The maximum absolute atomic E-state index is 5.49. The van der Waals surface area contributed by atoms with E-state index in [0.717, 1.165) is 67.5 Å². The Balaban J connectivity index is 1.21. The Morgan fingerprint density at radius 3 is 2.85 bits per heavy atom. The highest BCUT2D eigenvalue weighted by Crippen LogP contribution is 2.27. The van der Waals surface area contributed by atoms with Gasteiger partial charge in [-0.15, -0.1) is 0 Å². The molecule has 0 atom stereocenters. The van der Waals surface area contributed by atoms with Crippen LogP contribution in [0.2, 0.25) is 0 Å². The summed E-state index contributed by atoms with van der Waals surface area (Å²) < 4.78 is 13.1. The Morgan fingerprint density at radius 1 is 1.15 bits per heavy atom. The lowest BCUT2D eigenvalue weighted by Crippen LogP contribution is -2.40. The van der Waals surface area contributed by atoms with E-state index >= 15 is 0 Å². The zero-order valence-electron chi connectivity index (χ0n) is 18.6. The molecule has 4 aromatic rings. The molecule has 0 amide bonds. The Hall–Kier alpha value is -3.43. The van der Waals surface area contributed by atoms with Crippen molar-refractivity contribution in [2.45, 2.75) is 19.4 Å². The molecule has 0 radical (unpaired) electrons. The van der Waals surface area contributed by atoms with E-state index in [1.807, 2.05) is 12.3 Å². The SMILES string of the molecule is Cc1ccc(-c2noc(C3CNC3)n2)cc1NCc1cnc2ccc(N3CCOCC3)cn12. The molecule has 1 aromatic carbocycles. The van der Waals surface area contributed by atoms with Gasteiger partial charge in [-0.3, -0.25) is 0 Å². The maximum atomic E-state index is 5.49. The zero-order chi connectivity index (χ0) is 22.2. The van der Waals surface area contributed by atoms with Gasteiger partial charge in [0.2, 0.25) is 11.7 Å². The molecule has 9 heteroatoms. The quantitative estimate of drug-likeness (QED) is 0.468. The van der Waals surface area contributed by atoms with Gasteiger partial charge in [0.15, 0.2) is 0 Å². The number of imidazole rings is 1. The number of aryl methyl sites for hydroxylation is 1. The van der Waals surface area contributed by atoms with Crippen LogP contribution in [0.25, 0.3) is 17.0 Å². The van der Waals surface area contributed by atoms with Crippen molar-refractivity contribution in [1.82, 2.24) is 24.8 Å². The minimum Gasteiger partial charge on any atom is -0.379 e. The van der Waals surface area contributed by atoms with Crippen molar-refractivity contribution >= 4 is 17.0 Å². The van der Waals surface area contributed by atoms with Gasteiger partial charge in [-0.2, -0.15) is 4.98 Å². The molecule has 33 heavy (non-hydrogen) atoms. The second-order valence-corrected chi connectivity index (χ2v) is 8.66. The van der Waals surface area contributed by atoms with Gasteiger partial charge in [0.1, 0.15) is 5.65 Å². The second-order valence-electron chi connectivity index (χ2n) is 8.66. The monoisotopic (exact) mass is 445 g/mol. The molecule has 0 bridgehead atoms. The van der Waals surface area contributed by atoms with Crippen LogP contribution in [0.15, 0.2) is 47.2 Å². The van der Waals surface area contributed by atoms with E-state index < -0.39 is 0 Å². The minimum atomic E-state index is 0.326. The summed E-state index contributed by atoms with van der Waals surface area (Å²) in [5.41, 5.74) is 6.39. The molecule has 0 aliphatic carbocycles. The van der Waals surface area contributed by atoms with Crippen LogP contribution in [0.4, 0.5) is 11.4 Å². The van der Waals surface area contributed by atoms with Crippen LogP contribution in [0, 0.1) is 6.92 Å². The summed E-state index contributed by atoms with van der Waals surface area (Å²) in [6.45, 7) is 7.91. The fourth-order valence-corrected chi connectivity index (χ4v) is 4.28. The third-order valence-electron chi connectivity index (χ3n) is 6.47. The summed E-state index contributed by atoms with van der Waals surface area (Å²) in [4.78, 5) is 11.5. The van der Waals surface area contributed by atoms with E-state index in [2.05, 4.69) is 72.4 Å². The number of rotatable bonds is 6. The van der Waals surface area contributed by atoms with Crippen LogP contribution in [0.3, 0.4) is 0 Å². The third-order valence-corrected chi connectivity index (χ3v) is 6.47. The normalized spacial score (nSPS) is 16.8. The number of anilines is 2. The molecule has 3 aromatic heterocycles. The highest BCUT2D eigenvalue weighted by Gasteiger charge is 2.25. The molecule has 2 aliphatic rings. The van der Waals surface area contributed by atoms with E-state index in [1.54, 1.807) is 0 Å². The summed E-state index contributed by atoms with van der Waals surface area (Å²) in [6, 6.07) is 10.4. The highest BCUT2D eigenvalue weighted by molar-refractivity contribution is 5.65. The first-order valence-corrected chi connectivity index (χ1v) is 11.4. The molecule has 0 unspecified atom stereocenters. The number of pyridine rings is 1. The fourth-order valence-electron chi connectivity index (χ4n) is 4.28. The molecule has 0 spiro atoms. The average molecular weight is 446 g/mol. The summed E-state index contributed by atoms with van der Waals surface area (Å²) in [7, 11) is 0.